The lowest BCUT2D eigenvalue weighted by atomic mass is 9.81. The van der Waals surface area contributed by atoms with Crippen molar-refractivity contribution in [3.63, 3.8) is 0 Å². The van der Waals surface area contributed by atoms with Crippen LogP contribution in [0.5, 0.6) is 11.5 Å². The van der Waals surface area contributed by atoms with Gasteiger partial charge < -0.3 is 24.6 Å². The van der Waals surface area contributed by atoms with E-state index < -0.39 is 11.6 Å². The number of amides is 1. The number of nitrogens with one attached hydrogen (secondary N) is 1. The predicted molar refractivity (Wildman–Crippen MR) is 152 cm³/mol. The van der Waals surface area contributed by atoms with Gasteiger partial charge in [0.05, 0.1) is 13.7 Å². The number of hydrogen-bond donors (Lipinski definition) is 2. The van der Waals surface area contributed by atoms with Gasteiger partial charge in [0.15, 0.2) is 11.6 Å². The summed E-state index contributed by atoms with van der Waals surface area (Å²) in [6, 6.07) is 21.6. The number of rotatable bonds is 13. The summed E-state index contributed by atoms with van der Waals surface area (Å²) in [5.74, 6) is 1.16. The maximum atomic E-state index is 14.0. The van der Waals surface area contributed by atoms with Crippen LogP contribution in [0.2, 0.25) is 0 Å². The first-order valence-electron chi connectivity index (χ1n) is 12.8. The SMILES string of the molecule is C=CCNC(=O)[C@]1(Cc2ccccc2N=[N+]=[N-])N=C(c2ccc(OCCCO)cc2)O[C@@H]1c1cccc(OC)c1. The molecule has 206 valence electrons. The average Bonchev–Trinajstić information content (AvgIpc) is 3.38. The number of aliphatic hydroxyl groups excluding tert-OH is 1. The van der Waals surface area contributed by atoms with Crippen LogP contribution in [-0.2, 0) is 16.0 Å². The Balaban J connectivity index is 1.83. The van der Waals surface area contributed by atoms with E-state index in [-0.39, 0.29) is 31.4 Å². The normalized spacial score (nSPS) is 17.6. The summed E-state index contributed by atoms with van der Waals surface area (Å²) >= 11 is 0. The van der Waals surface area contributed by atoms with E-state index in [0.29, 0.717) is 46.9 Å². The molecule has 1 aliphatic heterocycles. The van der Waals surface area contributed by atoms with Gasteiger partial charge in [-0.1, -0.05) is 47.6 Å². The van der Waals surface area contributed by atoms with Crippen molar-refractivity contribution in [1.29, 1.82) is 0 Å². The largest absolute Gasteiger partial charge is 0.497 e. The summed E-state index contributed by atoms with van der Waals surface area (Å²) in [4.78, 5) is 21.9. The van der Waals surface area contributed by atoms with Crippen molar-refractivity contribution in [2.45, 2.75) is 24.5 Å². The topological polar surface area (TPSA) is 138 Å². The van der Waals surface area contributed by atoms with Crippen molar-refractivity contribution in [3.8, 4) is 11.5 Å². The molecule has 0 radical (unpaired) electrons. The van der Waals surface area contributed by atoms with E-state index in [9.17, 15) is 4.79 Å². The van der Waals surface area contributed by atoms with E-state index in [4.69, 9.17) is 29.8 Å². The highest BCUT2D eigenvalue weighted by molar-refractivity contribution is 6.01. The second-order valence-corrected chi connectivity index (χ2v) is 9.06. The van der Waals surface area contributed by atoms with Gasteiger partial charge in [-0.25, -0.2) is 4.99 Å². The quantitative estimate of drug-likeness (QED) is 0.101. The van der Waals surface area contributed by atoms with E-state index in [1.165, 1.54) is 0 Å². The van der Waals surface area contributed by atoms with Crippen LogP contribution in [0.3, 0.4) is 0 Å². The summed E-state index contributed by atoms with van der Waals surface area (Å²) in [5, 5.41) is 15.7. The molecule has 3 aromatic rings. The van der Waals surface area contributed by atoms with Crippen molar-refractivity contribution >= 4 is 17.5 Å². The lowest BCUT2D eigenvalue weighted by Gasteiger charge is -2.31. The van der Waals surface area contributed by atoms with Crippen molar-refractivity contribution < 1.29 is 24.1 Å². The number of azide groups is 1. The summed E-state index contributed by atoms with van der Waals surface area (Å²) in [6.45, 7) is 4.39. The molecular formula is C30H31N5O5. The Hall–Kier alpha value is -4.79. The first-order valence-corrected chi connectivity index (χ1v) is 12.8. The minimum atomic E-state index is -1.46. The van der Waals surface area contributed by atoms with Crippen LogP contribution in [0.1, 0.15) is 29.2 Å². The van der Waals surface area contributed by atoms with Gasteiger partial charge in [-0.15, -0.1) is 6.58 Å². The third kappa shape index (κ3) is 6.26. The van der Waals surface area contributed by atoms with Crippen molar-refractivity contribution in [3.05, 3.63) is 113 Å². The molecule has 1 heterocycles. The second-order valence-electron chi connectivity index (χ2n) is 9.06. The van der Waals surface area contributed by atoms with E-state index >= 15 is 0 Å². The molecule has 0 spiro atoms. The minimum absolute atomic E-state index is 0.0488. The third-order valence-electron chi connectivity index (χ3n) is 6.44. The lowest BCUT2D eigenvalue weighted by Crippen LogP contribution is -2.50. The molecule has 2 atom stereocenters. The van der Waals surface area contributed by atoms with Gasteiger partial charge in [0.25, 0.3) is 5.91 Å². The van der Waals surface area contributed by atoms with Crippen molar-refractivity contribution in [2.75, 3.05) is 26.9 Å². The van der Waals surface area contributed by atoms with Gasteiger partial charge in [0.2, 0.25) is 5.90 Å². The van der Waals surface area contributed by atoms with Crippen LogP contribution in [0.4, 0.5) is 5.69 Å². The van der Waals surface area contributed by atoms with E-state index in [1.807, 2.05) is 30.3 Å². The molecule has 0 bridgehead atoms. The molecule has 3 aromatic carbocycles. The molecule has 0 saturated carbocycles. The van der Waals surface area contributed by atoms with Crippen molar-refractivity contribution in [2.24, 2.45) is 10.1 Å². The van der Waals surface area contributed by atoms with Crippen LogP contribution in [0.15, 0.2) is 95.6 Å². The number of methoxy groups -OCH3 is 1. The number of aliphatic imine (C=N–C) groups is 1. The molecule has 0 fully saturated rings. The zero-order valence-corrected chi connectivity index (χ0v) is 22.2. The number of hydrogen-bond acceptors (Lipinski definition) is 7. The summed E-state index contributed by atoms with van der Waals surface area (Å²) in [6.07, 6.45) is 1.39. The van der Waals surface area contributed by atoms with Gasteiger partial charge in [-0.2, -0.15) is 0 Å². The lowest BCUT2D eigenvalue weighted by molar-refractivity contribution is -0.128. The Morgan fingerprint density at radius 1 is 1.20 bits per heavy atom. The Morgan fingerprint density at radius 3 is 2.73 bits per heavy atom. The fourth-order valence-corrected chi connectivity index (χ4v) is 4.50. The van der Waals surface area contributed by atoms with Gasteiger partial charge >= 0.3 is 0 Å². The highest BCUT2D eigenvalue weighted by atomic mass is 16.5. The molecule has 10 nitrogen and oxygen atoms in total. The highest BCUT2D eigenvalue weighted by Gasteiger charge is 2.53. The number of aliphatic hydroxyl groups is 1. The van der Waals surface area contributed by atoms with Gasteiger partial charge in [0.1, 0.15) is 11.5 Å². The van der Waals surface area contributed by atoms with Gasteiger partial charge in [-0.3, -0.25) is 4.79 Å². The molecule has 2 N–H and O–H groups in total. The standard InChI is InChI=1S/C30H31N5O5/c1-3-16-32-29(37)30(20-23-8-4-5-11-26(23)34-35-31)27(22-9-6-10-25(19-22)38-2)40-28(33-30)21-12-14-24(15-13-21)39-18-7-17-36/h3-6,8-15,19,27,36H,1,7,16-18,20H2,2H3,(H,32,37)/t27-,30-/m1/s1. The number of carbonyl (C=O) groups is 1. The summed E-state index contributed by atoms with van der Waals surface area (Å²) < 4.78 is 17.6. The Morgan fingerprint density at radius 2 is 2.00 bits per heavy atom. The number of benzene rings is 3. The highest BCUT2D eigenvalue weighted by Crippen LogP contribution is 2.44. The zero-order valence-electron chi connectivity index (χ0n) is 22.2. The fourth-order valence-electron chi connectivity index (χ4n) is 4.50. The molecular weight excluding hydrogens is 510 g/mol. The van der Waals surface area contributed by atoms with E-state index in [2.05, 4.69) is 21.9 Å². The van der Waals surface area contributed by atoms with Gasteiger partial charge in [0, 0.05) is 42.2 Å². The molecule has 0 unspecified atom stereocenters. The Bertz CT molecular complexity index is 1420. The zero-order chi connectivity index (χ0) is 28.4. The predicted octanol–water partition coefficient (Wildman–Crippen LogP) is 5.20. The fraction of sp³-hybridized carbons (Fsp3) is 0.267. The summed E-state index contributed by atoms with van der Waals surface area (Å²) in [5.41, 5.74) is 10.1. The molecule has 1 aliphatic rings. The van der Waals surface area contributed by atoms with E-state index in [0.717, 1.165) is 0 Å². The smallest absolute Gasteiger partial charge is 0.252 e. The molecule has 0 saturated heterocycles. The van der Waals surface area contributed by atoms with Gasteiger partial charge in [-0.05, 0) is 53.1 Å². The van der Waals surface area contributed by atoms with Crippen LogP contribution in [-0.4, -0.2) is 49.3 Å². The first-order chi connectivity index (χ1) is 19.5. The molecule has 1 amide bonds. The first kappa shape index (κ1) is 28.2. The Labute approximate surface area is 232 Å². The van der Waals surface area contributed by atoms with Crippen LogP contribution >= 0.6 is 0 Å². The molecule has 0 aromatic heterocycles. The monoisotopic (exact) mass is 541 g/mol. The third-order valence-corrected chi connectivity index (χ3v) is 6.44. The molecule has 4 rings (SSSR count). The number of ether oxygens (including phenoxy) is 3. The molecule has 40 heavy (non-hydrogen) atoms. The minimum Gasteiger partial charge on any atom is -0.497 e. The Kier molecular flexibility index (Phi) is 9.40. The average molecular weight is 542 g/mol. The van der Waals surface area contributed by atoms with Crippen LogP contribution in [0, 0.1) is 0 Å². The van der Waals surface area contributed by atoms with E-state index in [1.54, 1.807) is 55.7 Å². The van der Waals surface area contributed by atoms with Crippen LogP contribution < -0.4 is 14.8 Å². The number of nitrogens with zero attached hydrogens (tertiary/aromatic N) is 4. The summed E-state index contributed by atoms with van der Waals surface area (Å²) in [7, 11) is 1.57. The molecule has 0 aliphatic carbocycles. The number of carbonyl (C=O) groups excluding carboxylic acids is 1. The van der Waals surface area contributed by atoms with Crippen molar-refractivity contribution in [1.82, 2.24) is 5.32 Å². The maximum absolute atomic E-state index is 14.0. The molecule has 10 heteroatoms. The second kappa shape index (κ2) is 13.3. The maximum Gasteiger partial charge on any atom is 0.252 e. The van der Waals surface area contributed by atoms with Crippen LogP contribution in [0.25, 0.3) is 10.4 Å².